The van der Waals surface area contributed by atoms with Gasteiger partial charge in [0, 0.05) is 24.5 Å². The minimum Gasteiger partial charge on any atom is -0.357 e. The van der Waals surface area contributed by atoms with Gasteiger partial charge in [-0.15, -0.1) is 0 Å². The molecule has 36 heavy (non-hydrogen) atoms. The molecule has 0 bridgehead atoms. The molecular formula is C29H32BrN3O3. The van der Waals surface area contributed by atoms with Crippen LogP contribution in [0.25, 0.3) is 10.8 Å². The van der Waals surface area contributed by atoms with Crippen LogP contribution in [0.5, 0.6) is 0 Å². The maximum atomic E-state index is 13.9. The van der Waals surface area contributed by atoms with Gasteiger partial charge in [0.1, 0.15) is 18.6 Å². The van der Waals surface area contributed by atoms with Gasteiger partial charge in [0.2, 0.25) is 17.7 Å². The van der Waals surface area contributed by atoms with E-state index in [1.54, 1.807) is 11.9 Å². The van der Waals surface area contributed by atoms with Gasteiger partial charge in [0.25, 0.3) is 0 Å². The highest BCUT2D eigenvalue weighted by Crippen LogP contribution is 2.26. The number of hydrogen-bond acceptors (Lipinski definition) is 3. The van der Waals surface area contributed by atoms with Crippen LogP contribution >= 0.6 is 15.9 Å². The van der Waals surface area contributed by atoms with E-state index in [-0.39, 0.29) is 30.2 Å². The van der Waals surface area contributed by atoms with Crippen LogP contribution in [0, 0.1) is 5.92 Å². The number of halogens is 1. The molecule has 0 spiro atoms. The highest BCUT2D eigenvalue weighted by molar-refractivity contribution is 9.10. The Balaban J connectivity index is 1.63. The Morgan fingerprint density at radius 3 is 2.33 bits per heavy atom. The average Bonchev–Trinajstić information content (AvgIpc) is 2.87. The normalized spacial score (nSPS) is 17.1. The minimum absolute atomic E-state index is 0.115. The number of nitrogens with zero attached hydrogens (tertiary/aromatic N) is 2. The number of fused-ring (bicyclic) bond motifs is 1. The third-order valence-electron chi connectivity index (χ3n) is 6.70. The van der Waals surface area contributed by atoms with Crippen molar-refractivity contribution in [2.45, 2.75) is 45.3 Å². The molecule has 3 aromatic rings. The number of amides is 3. The molecule has 4 rings (SSSR count). The lowest BCUT2D eigenvalue weighted by molar-refractivity contribution is -0.161. The fourth-order valence-electron chi connectivity index (χ4n) is 4.84. The summed E-state index contributed by atoms with van der Waals surface area (Å²) in [5.74, 6) is -0.377. The van der Waals surface area contributed by atoms with Gasteiger partial charge in [-0.3, -0.25) is 14.4 Å². The van der Waals surface area contributed by atoms with E-state index in [4.69, 9.17) is 0 Å². The van der Waals surface area contributed by atoms with Gasteiger partial charge >= 0.3 is 0 Å². The molecule has 0 saturated carbocycles. The zero-order chi connectivity index (χ0) is 25.8. The van der Waals surface area contributed by atoms with E-state index in [2.05, 4.69) is 21.2 Å². The van der Waals surface area contributed by atoms with Crippen LogP contribution in [0.2, 0.25) is 0 Å². The third-order valence-corrected chi connectivity index (χ3v) is 7.23. The topological polar surface area (TPSA) is 69.7 Å². The Kier molecular flexibility index (Phi) is 8.09. The SMILES string of the molecule is CNC(=O)[C@H](Cc1ccc2ccccc2c1)N1CC(=O)N(Cc2ccc(Br)cc2)[C@@H](CC(C)C)C1=O. The molecule has 1 saturated heterocycles. The van der Waals surface area contributed by atoms with Crippen LogP contribution in [0.15, 0.2) is 71.2 Å². The molecule has 1 N–H and O–H groups in total. The predicted molar refractivity (Wildman–Crippen MR) is 145 cm³/mol. The second kappa shape index (κ2) is 11.2. The van der Waals surface area contributed by atoms with Crippen molar-refractivity contribution in [1.29, 1.82) is 0 Å². The number of benzene rings is 3. The summed E-state index contributed by atoms with van der Waals surface area (Å²) in [6.45, 7) is 4.33. The van der Waals surface area contributed by atoms with Crippen molar-refractivity contribution >= 4 is 44.4 Å². The molecule has 0 aromatic heterocycles. The van der Waals surface area contributed by atoms with Crippen LogP contribution in [-0.4, -0.2) is 53.2 Å². The van der Waals surface area contributed by atoms with E-state index < -0.39 is 12.1 Å². The van der Waals surface area contributed by atoms with Crippen LogP contribution in [0.1, 0.15) is 31.4 Å². The van der Waals surface area contributed by atoms with Crippen LogP contribution in [-0.2, 0) is 27.3 Å². The summed E-state index contributed by atoms with van der Waals surface area (Å²) in [4.78, 5) is 43.5. The summed E-state index contributed by atoms with van der Waals surface area (Å²) in [6, 6.07) is 20.5. The van der Waals surface area contributed by atoms with Gasteiger partial charge in [0.05, 0.1) is 0 Å². The first-order valence-corrected chi connectivity index (χ1v) is 13.1. The van der Waals surface area contributed by atoms with Crippen molar-refractivity contribution in [3.05, 3.63) is 82.3 Å². The van der Waals surface area contributed by atoms with Crippen molar-refractivity contribution in [3.63, 3.8) is 0 Å². The molecule has 6 nitrogen and oxygen atoms in total. The molecule has 1 aliphatic rings. The monoisotopic (exact) mass is 549 g/mol. The summed E-state index contributed by atoms with van der Waals surface area (Å²) < 4.78 is 0.958. The van der Waals surface area contributed by atoms with Crippen molar-refractivity contribution < 1.29 is 14.4 Å². The van der Waals surface area contributed by atoms with Crippen molar-refractivity contribution in [1.82, 2.24) is 15.1 Å². The van der Waals surface area contributed by atoms with Crippen LogP contribution in [0.4, 0.5) is 0 Å². The number of hydrogen-bond donors (Lipinski definition) is 1. The number of carbonyl (C=O) groups is 3. The lowest BCUT2D eigenvalue weighted by Crippen LogP contribution is -2.64. The summed E-state index contributed by atoms with van der Waals surface area (Å²) in [7, 11) is 1.57. The molecule has 188 valence electrons. The van der Waals surface area contributed by atoms with Gasteiger partial charge in [0.15, 0.2) is 0 Å². The molecule has 0 unspecified atom stereocenters. The zero-order valence-electron chi connectivity index (χ0n) is 20.9. The summed E-state index contributed by atoms with van der Waals surface area (Å²) >= 11 is 3.44. The van der Waals surface area contributed by atoms with E-state index in [9.17, 15) is 14.4 Å². The van der Waals surface area contributed by atoms with Gasteiger partial charge in [-0.2, -0.15) is 0 Å². The van der Waals surface area contributed by atoms with Crippen LogP contribution in [0.3, 0.4) is 0 Å². The lowest BCUT2D eigenvalue weighted by Gasteiger charge is -2.43. The fraction of sp³-hybridized carbons (Fsp3) is 0.345. The molecule has 3 amide bonds. The number of nitrogens with one attached hydrogen (secondary N) is 1. The van der Waals surface area contributed by atoms with Gasteiger partial charge < -0.3 is 15.1 Å². The van der Waals surface area contributed by atoms with Crippen LogP contribution < -0.4 is 5.32 Å². The van der Waals surface area contributed by atoms with E-state index in [0.29, 0.717) is 19.4 Å². The van der Waals surface area contributed by atoms with E-state index in [0.717, 1.165) is 26.4 Å². The largest absolute Gasteiger partial charge is 0.357 e. The molecule has 3 aromatic carbocycles. The summed E-state index contributed by atoms with van der Waals surface area (Å²) in [5.41, 5.74) is 1.90. The Bertz CT molecular complexity index is 1260. The maximum absolute atomic E-state index is 13.9. The molecule has 2 atom stereocenters. The molecule has 1 fully saturated rings. The first-order chi connectivity index (χ1) is 17.3. The maximum Gasteiger partial charge on any atom is 0.246 e. The highest BCUT2D eigenvalue weighted by atomic mass is 79.9. The fourth-order valence-corrected chi connectivity index (χ4v) is 5.10. The Morgan fingerprint density at radius 2 is 1.67 bits per heavy atom. The van der Waals surface area contributed by atoms with E-state index in [1.807, 2.05) is 80.6 Å². The van der Waals surface area contributed by atoms with E-state index >= 15 is 0 Å². The molecule has 1 aliphatic heterocycles. The molecule has 0 radical (unpaired) electrons. The Hall–Kier alpha value is -3.19. The van der Waals surface area contributed by atoms with Gasteiger partial charge in [-0.25, -0.2) is 0 Å². The zero-order valence-corrected chi connectivity index (χ0v) is 22.5. The standard InChI is InChI=1S/C29H32BrN3O3/c1-19(2)14-26-29(36)33(18-27(34)32(26)17-20-9-12-24(30)13-10-20)25(28(35)31-3)16-21-8-11-22-6-4-5-7-23(22)15-21/h4-13,15,19,25-26H,14,16-18H2,1-3H3,(H,31,35)/t25-,26-/m0/s1. The average molecular weight is 550 g/mol. The van der Waals surface area contributed by atoms with Gasteiger partial charge in [-0.05, 0) is 46.4 Å². The van der Waals surface area contributed by atoms with Crippen molar-refractivity contribution in [3.8, 4) is 0 Å². The number of likely N-dealkylation sites (N-methyl/N-ethyl adjacent to an activating group) is 1. The lowest BCUT2D eigenvalue weighted by atomic mass is 9.95. The van der Waals surface area contributed by atoms with Crippen molar-refractivity contribution in [2.24, 2.45) is 5.92 Å². The number of carbonyl (C=O) groups excluding carboxylic acids is 3. The highest BCUT2D eigenvalue weighted by Gasteiger charge is 2.43. The number of piperazine rings is 1. The summed E-state index contributed by atoms with van der Waals surface area (Å²) in [6.07, 6.45) is 0.874. The third kappa shape index (κ3) is 5.78. The second-order valence-corrected chi connectivity index (χ2v) is 10.7. The smallest absolute Gasteiger partial charge is 0.246 e. The first-order valence-electron chi connectivity index (χ1n) is 12.3. The number of rotatable bonds is 8. The first kappa shape index (κ1) is 25.9. The minimum atomic E-state index is -0.767. The Labute approximate surface area is 220 Å². The second-order valence-electron chi connectivity index (χ2n) is 9.78. The molecular weight excluding hydrogens is 518 g/mol. The van der Waals surface area contributed by atoms with Crippen molar-refractivity contribution in [2.75, 3.05) is 13.6 Å². The summed E-state index contributed by atoms with van der Waals surface area (Å²) in [5, 5.41) is 4.89. The molecule has 1 heterocycles. The quantitative estimate of drug-likeness (QED) is 0.448. The van der Waals surface area contributed by atoms with E-state index in [1.165, 1.54) is 4.90 Å². The Morgan fingerprint density at radius 1 is 1.00 bits per heavy atom. The van der Waals surface area contributed by atoms with Gasteiger partial charge in [-0.1, -0.05) is 84.4 Å². The predicted octanol–water partition coefficient (Wildman–Crippen LogP) is 4.55. The molecule has 7 heteroatoms. The molecule has 0 aliphatic carbocycles.